The van der Waals surface area contributed by atoms with Crippen LogP contribution >= 0.6 is 0 Å². The van der Waals surface area contributed by atoms with Gasteiger partial charge in [-0.1, -0.05) is 0 Å². The SMILES string of the molecule is O=C1NC[C@@H]2CN(Cc3ccncc3)C[C@H]12. The maximum Gasteiger partial charge on any atom is 0.224 e. The normalized spacial score (nSPS) is 29.1. The van der Waals surface area contributed by atoms with E-state index in [0.29, 0.717) is 5.92 Å². The van der Waals surface area contributed by atoms with Crippen LogP contribution in [-0.2, 0) is 11.3 Å². The predicted molar refractivity (Wildman–Crippen MR) is 59.5 cm³/mol. The van der Waals surface area contributed by atoms with Gasteiger partial charge < -0.3 is 5.32 Å². The Hall–Kier alpha value is -1.42. The van der Waals surface area contributed by atoms with Gasteiger partial charge in [0.05, 0.1) is 5.92 Å². The summed E-state index contributed by atoms with van der Waals surface area (Å²) in [6.45, 7) is 3.73. The Morgan fingerprint density at radius 3 is 2.94 bits per heavy atom. The van der Waals surface area contributed by atoms with Gasteiger partial charge >= 0.3 is 0 Å². The minimum absolute atomic E-state index is 0.224. The van der Waals surface area contributed by atoms with Crippen molar-refractivity contribution in [1.29, 1.82) is 0 Å². The minimum Gasteiger partial charge on any atom is -0.355 e. The summed E-state index contributed by atoms with van der Waals surface area (Å²) in [6, 6.07) is 4.07. The molecule has 2 fully saturated rings. The molecule has 3 rings (SSSR count). The fourth-order valence-electron chi connectivity index (χ4n) is 2.70. The van der Waals surface area contributed by atoms with Crippen LogP contribution < -0.4 is 5.32 Å². The molecule has 0 unspecified atom stereocenters. The van der Waals surface area contributed by atoms with E-state index >= 15 is 0 Å². The van der Waals surface area contributed by atoms with Gasteiger partial charge in [0.2, 0.25) is 5.91 Å². The number of carbonyl (C=O) groups is 1. The van der Waals surface area contributed by atoms with E-state index in [1.165, 1.54) is 5.56 Å². The third-order valence-corrected chi connectivity index (χ3v) is 3.55. The van der Waals surface area contributed by atoms with Gasteiger partial charge in [-0.3, -0.25) is 14.7 Å². The number of rotatable bonds is 2. The van der Waals surface area contributed by atoms with Crippen LogP contribution in [0, 0.1) is 11.8 Å². The monoisotopic (exact) mass is 217 g/mol. The van der Waals surface area contributed by atoms with Crippen LogP contribution in [0.2, 0.25) is 0 Å². The average Bonchev–Trinajstić information content (AvgIpc) is 2.83. The lowest BCUT2D eigenvalue weighted by molar-refractivity contribution is -0.122. The van der Waals surface area contributed by atoms with Gasteiger partial charge in [0.15, 0.2) is 0 Å². The van der Waals surface area contributed by atoms with Crippen molar-refractivity contribution in [2.45, 2.75) is 6.54 Å². The lowest BCUT2D eigenvalue weighted by Gasteiger charge is -2.16. The van der Waals surface area contributed by atoms with E-state index in [1.807, 2.05) is 24.5 Å². The number of aromatic nitrogens is 1. The van der Waals surface area contributed by atoms with E-state index in [-0.39, 0.29) is 11.8 Å². The Bertz CT molecular complexity index is 393. The molecule has 2 saturated heterocycles. The minimum atomic E-state index is 0.224. The van der Waals surface area contributed by atoms with E-state index < -0.39 is 0 Å². The van der Waals surface area contributed by atoms with E-state index in [4.69, 9.17) is 0 Å². The first kappa shape index (κ1) is 9.78. The molecule has 0 radical (unpaired) electrons. The van der Waals surface area contributed by atoms with Gasteiger partial charge in [0.25, 0.3) is 0 Å². The fraction of sp³-hybridized carbons (Fsp3) is 0.500. The lowest BCUT2D eigenvalue weighted by Crippen LogP contribution is -2.28. The number of nitrogens with one attached hydrogen (secondary N) is 1. The van der Waals surface area contributed by atoms with Gasteiger partial charge in [-0.15, -0.1) is 0 Å². The largest absolute Gasteiger partial charge is 0.355 e. The van der Waals surface area contributed by atoms with Crippen LogP contribution in [0.1, 0.15) is 5.56 Å². The third-order valence-electron chi connectivity index (χ3n) is 3.55. The number of carbonyl (C=O) groups excluding carboxylic acids is 1. The summed E-state index contributed by atoms with van der Waals surface area (Å²) in [7, 11) is 0. The van der Waals surface area contributed by atoms with Crippen LogP contribution in [0.15, 0.2) is 24.5 Å². The van der Waals surface area contributed by atoms with Gasteiger partial charge in [-0.05, 0) is 17.7 Å². The molecule has 4 heteroatoms. The van der Waals surface area contributed by atoms with Crippen molar-refractivity contribution < 1.29 is 4.79 Å². The Balaban J connectivity index is 1.65. The van der Waals surface area contributed by atoms with Crippen molar-refractivity contribution in [1.82, 2.24) is 15.2 Å². The molecule has 4 nitrogen and oxygen atoms in total. The highest BCUT2D eigenvalue weighted by molar-refractivity contribution is 5.81. The summed E-state index contributed by atoms with van der Waals surface area (Å²) in [4.78, 5) is 17.9. The van der Waals surface area contributed by atoms with Gasteiger partial charge in [0.1, 0.15) is 0 Å². The predicted octanol–water partition coefficient (Wildman–Crippen LogP) is 0.259. The van der Waals surface area contributed by atoms with Crippen LogP contribution in [-0.4, -0.2) is 35.4 Å². The maximum atomic E-state index is 11.5. The summed E-state index contributed by atoms with van der Waals surface area (Å²) in [5.74, 6) is 0.985. The molecule has 1 aromatic heterocycles. The lowest BCUT2D eigenvalue weighted by atomic mass is 10.0. The summed E-state index contributed by atoms with van der Waals surface area (Å²) in [5.41, 5.74) is 1.27. The zero-order valence-corrected chi connectivity index (χ0v) is 9.10. The first-order valence-electron chi connectivity index (χ1n) is 5.72. The molecule has 84 valence electrons. The first-order chi connectivity index (χ1) is 7.83. The molecule has 2 aliphatic rings. The van der Waals surface area contributed by atoms with Crippen molar-refractivity contribution in [3.63, 3.8) is 0 Å². The smallest absolute Gasteiger partial charge is 0.224 e. The Morgan fingerprint density at radius 2 is 2.19 bits per heavy atom. The van der Waals surface area contributed by atoms with Crippen LogP contribution in [0.25, 0.3) is 0 Å². The fourth-order valence-corrected chi connectivity index (χ4v) is 2.70. The highest BCUT2D eigenvalue weighted by atomic mass is 16.2. The number of amides is 1. The molecule has 1 N–H and O–H groups in total. The highest BCUT2D eigenvalue weighted by Crippen LogP contribution is 2.28. The Kier molecular flexibility index (Phi) is 2.36. The van der Waals surface area contributed by atoms with Crippen molar-refractivity contribution in [2.24, 2.45) is 11.8 Å². The van der Waals surface area contributed by atoms with Gasteiger partial charge in [0, 0.05) is 44.5 Å². The molecule has 0 spiro atoms. The topological polar surface area (TPSA) is 45.2 Å². The molecule has 0 saturated carbocycles. The number of pyridine rings is 1. The third kappa shape index (κ3) is 1.69. The number of nitrogens with zero attached hydrogens (tertiary/aromatic N) is 2. The standard InChI is InChI=1S/C12H15N3O/c16-12-11-8-15(7-10(11)5-14-12)6-9-1-3-13-4-2-9/h1-4,10-11H,5-8H2,(H,14,16)/t10-,11+/m1/s1. The van der Waals surface area contributed by atoms with Crippen molar-refractivity contribution in [3.05, 3.63) is 30.1 Å². The average molecular weight is 217 g/mol. The first-order valence-corrected chi connectivity index (χ1v) is 5.72. The second-order valence-electron chi connectivity index (χ2n) is 4.66. The highest BCUT2D eigenvalue weighted by Gasteiger charge is 2.41. The van der Waals surface area contributed by atoms with Gasteiger partial charge in [-0.25, -0.2) is 0 Å². The van der Waals surface area contributed by atoms with Crippen molar-refractivity contribution in [2.75, 3.05) is 19.6 Å². The van der Waals surface area contributed by atoms with Crippen LogP contribution in [0.3, 0.4) is 0 Å². The van der Waals surface area contributed by atoms with E-state index in [2.05, 4.69) is 15.2 Å². The summed E-state index contributed by atoms with van der Waals surface area (Å²) in [6.07, 6.45) is 3.64. The molecule has 0 aliphatic carbocycles. The summed E-state index contributed by atoms with van der Waals surface area (Å²) >= 11 is 0. The molecule has 16 heavy (non-hydrogen) atoms. The molecule has 3 heterocycles. The molecular weight excluding hydrogens is 202 g/mol. The van der Waals surface area contributed by atoms with E-state index in [1.54, 1.807) is 0 Å². The quantitative estimate of drug-likeness (QED) is 0.773. The molecule has 2 atom stereocenters. The number of likely N-dealkylation sites (tertiary alicyclic amines) is 1. The molecule has 0 bridgehead atoms. The molecule has 1 aromatic rings. The summed E-state index contributed by atoms with van der Waals surface area (Å²) in [5, 5.41) is 2.93. The number of fused-ring (bicyclic) bond motifs is 1. The zero-order valence-electron chi connectivity index (χ0n) is 9.10. The van der Waals surface area contributed by atoms with Crippen LogP contribution in [0.5, 0.6) is 0 Å². The van der Waals surface area contributed by atoms with E-state index in [9.17, 15) is 4.79 Å². The molecule has 2 aliphatic heterocycles. The molecular formula is C12H15N3O. The zero-order chi connectivity index (χ0) is 11.0. The Labute approximate surface area is 94.7 Å². The van der Waals surface area contributed by atoms with Crippen molar-refractivity contribution in [3.8, 4) is 0 Å². The number of hydrogen-bond acceptors (Lipinski definition) is 3. The molecule has 1 amide bonds. The second-order valence-corrected chi connectivity index (χ2v) is 4.66. The van der Waals surface area contributed by atoms with Crippen LogP contribution in [0.4, 0.5) is 0 Å². The summed E-state index contributed by atoms with van der Waals surface area (Å²) < 4.78 is 0. The Morgan fingerprint density at radius 1 is 1.38 bits per heavy atom. The maximum absolute atomic E-state index is 11.5. The molecule has 0 aromatic carbocycles. The van der Waals surface area contributed by atoms with Gasteiger partial charge in [-0.2, -0.15) is 0 Å². The number of hydrogen-bond donors (Lipinski definition) is 1. The van der Waals surface area contributed by atoms with Crippen molar-refractivity contribution >= 4 is 5.91 Å². The second kappa shape index (κ2) is 3.87. The van der Waals surface area contributed by atoms with E-state index in [0.717, 1.165) is 26.2 Å².